The monoisotopic (exact) mass is 333 g/mol. The quantitative estimate of drug-likeness (QED) is 0.524. The SMILES string of the molecule is COCCOCCOCCOc1ccc(Br)cc1N. The van der Waals surface area contributed by atoms with Gasteiger partial charge in [-0.05, 0) is 18.2 Å². The molecule has 0 atom stereocenters. The zero-order valence-electron chi connectivity index (χ0n) is 11.1. The second-order valence-electron chi connectivity index (χ2n) is 3.75. The molecule has 6 heteroatoms. The van der Waals surface area contributed by atoms with E-state index in [0.717, 1.165) is 4.47 Å². The van der Waals surface area contributed by atoms with E-state index in [2.05, 4.69) is 15.9 Å². The molecule has 2 N–H and O–H groups in total. The summed E-state index contributed by atoms with van der Waals surface area (Å²) in [5.74, 6) is 0.670. The van der Waals surface area contributed by atoms with Gasteiger partial charge in [-0.3, -0.25) is 0 Å². The van der Waals surface area contributed by atoms with Crippen LogP contribution in [0.2, 0.25) is 0 Å². The minimum absolute atomic E-state index is 0.462. The van der Waals surface area contributed by atoms with Gasteiger partial charge in [0.05, 0.1) is 38.7 Å². The van der Waals surface area contributed by atoms with Crippen LogP contribution in [0.15, 0.2) is 22.7 Å². The summed E-state index contributed by atoms with van der Waals surface area (Å²) in [6.07, 6.45) is 0. The zero-order valence-corrected chi connectivity index (χ0v) is 12.6. The molecule has 0 unspecified atom stereocenters. The fourth-order valence-corrected chi connectivity index (χ4v) is 1.70. The topological polar surface area (TPSA) is 62.9 Å². The molecule has 0 aliphatic rings. The first kappa shape index (κ1) is 16.2. The van der Waals surface area contributed by atoms with Crippen molar-refractivity contribution in [1.29, 1.82) is 0 Å². The third-order valence-electron chi connectivity index (χ3n) is 2.26. The van der Waals surface area contributed by atoms with E-state index in [1.165, 1.54) is 0 Å². The number of methoxy groups -OCH3 is 1. The van der Waals surface area contributed by atoms with Gasteiger partial charge >= 0.3 is 0 Å². The van der Waals surface area contributed by atoms with Crippen LogP contribution in [0.5, 0.6) is 5.75 Å². The van der Waals surface area contributed by atoms with Crippen molar-refractivity contribution in [2.24, 2.45) is 0 Å². The average Bonchev–Trinajstić information content (AvgIpc) is 2.39. The number of hydrogen-bond donors (Lipinski definition) is 1. The van der Waals surface area contributed by atoms with Crippen molar-refractivity contribution in [1.82, 2.24) is 0 Å². The van der Waals surface area contributed by atoms with Gasteiger partial charge in [-0.25, -0.2) is 0 Å². The van der Waals surface area contributed by atoms with Gasteiger partial charge in [0.2, 0.25) is 0 Å². The molecule has 0 saturated carbocycles. The van der Waals surface area contributed by atoms with Crippen molar-refractivity contribution in [2.75, 3.05) is 52.5 Å². The van der Waals surface area contributed by atoms with Gasteiger partial charge in [-0.15, -0.1) is 0 Å². The Morgan fingerprint density at radius 2 is 1.63 bits per heavy atom. The van der Waals surface area contributed by atoms with Gasteiger partial charge in [0.25, 0.3) is 0 Å². The largest absolute Gasteiger partial charge is 0.489 e. The van der Waals surface area contributed by atoms with Gasteiger partial charge in [-0.2, -0.15) is 0 Å². The Morgan fingerprint density at radius 1 is 1.00 bits per heavy atom. The summed E-state index contributed by atoms with van der Waals surface area (Å²) >= 11 is 3.34. The number of ether oxygens (including phenoxy) is 4. The highest BCUT2D eigenvalue weighted by Gasteiger charge is 2.00. The van der Waals surface area contributed by atoms with Gasteiger partial charge < -0.3 is 24.7 Å². The second-order valence-corrected chi connectivity index (χ2v) is 4.66. The summed E-state index contributed by atoms with van der Waals surface area (Å²) in [4.78, 5) is 0. The lowest BCUT2D eigenvalue weighted by atomic mass is 10.3. The zero-order chi connectivity index (χ0) is 13.9. The minimum atomic E-state index is 0.462. The van der Waals surface area contributed by atoms with Crippen LogP contribution in [0.4, 0.5) is 5.69 Å². The molecule has 0 spiro atoms. The molecule has 1 aromatic carbocycles. The van der Waals surface area contributed by atoms with E-state index >= 15 is 0 Å². The standard InChI is InChI=1S/C13H20BrNO4/c1-16-4-5-17-6-7-18-8-9-19-13-3-2-11(14)10-12(13)15/h2-3,10H,4-9,15H2,1H3. The number of benzene rings is 1. The number of rotatable bonds is 10. The first-order valence-electron chi connectivity index (χ1n) is 6.06. The lowest BCUT2D eigenvalue weighted by molar-refractivity contribution is 0.0180. The molecule has 5 nitrogen and oxygen atoms in total. The maximum atomic E-state index is 5.80. The Bertz CT molecular complexity index is 362. The predicted molar refractivity (Wildman–Crippen MR) is 77.6 cm³/mol. The molecule has 0 aromatic heterocycles. The van der Waals surface area contributed by atoms with Crippen LogP contribution in [-0.2, 0) is 14.2 Å². The Balaban J connectivity index is 2.01. The average molecular weight is 334 g/mol. The van der Waals surface area contributed by atoms with Crippen molar-refractivity contribution in [2.45, 2.75) is 0 Å². The molecule has 108 valence electrons. The van der Waals surface area contributed by atoms with Crippen LogP contribution in [0.25, 0.3) is 0 Å². The van der Waals surface area contributed by atoms with E-state index in [1.54, 1.807) is 13.2 Å². The minimum Gasteiger partial charge on any atom is -0.489 e. The van der Waals surface area contributed by atoms with Crippen LogP contribution in [0.3, 0.4) is 0 Å². The fourth-order valence-electron chi connectivity index (χ4n) is 1.33. The molecule has 0 radical (unpaired) electrons. The summed E-state index contributed by atoms with van der Waals surface area (Å²) in [6.45, 7) is 3.26. The summed E-state index contributed by atoms with van der Waals surface area (Å²) in [5, 5.41) is 0. The van der Waals surface area contributed by atoms with E-state index in [0.29, 0.717) is 51.1 Å². The molecule has 0 aliphatic carbocycles. The fraction of sp³-hybridized carbons (Fsp3) is 0.538. The third kappa shape index (κ3) is 7.37. The van der Waals surface area contributed by atoms with Crippen molar-refractivity contribution in [3.05, 3.63) is 22.7 Å². The molecule has 0 aliphatic heterocycles. The number of hydrogen-bond acceptors (Lipinski definition) is 5. The number of anilines is 1. The van der Waals surface area contributed by atoms with E-state index in [9.17, 15) is 0 Å². The Labute approximate surface area is 122 Å². The third-order valence-corrected chi connectivity index (χ3v) is 2.75. The van der Waals surface area contributed by atoms with Crippen molar-refractivity contribution in [3.63, 3.8) is 0 Å². The van der Waals surface area contributed by atoms with E-state index in [-0.39, 0.29) is 0 Å². The van der Waals surface area contributed by atoms with Gasteiger partial charge in [0, 0.05) is 11.6 Å². The van der Waals surface area contributed by atoms with Gasteiger partial charge in [-0.1, -0.05) is 15.9 Å². The number of nitrogen functional groups attached to an aromatic ring is 1. The molecule has 0 saturated heterocycles. The van der Waals surface area contributed by atoms with Crippen LogP contribution >= 0.6 is 15.9 Å². The molecule has 0 amide bonds. The Morgan fingerprint density at radius 3 is 2.26 bits per heavy atom. The van der Waals surface area contributed by atoms with Crippen molar-refractivity contribution < 1.29 is 18.9 Å². The lowest BCUT2D eigenvalue weighted by Gasteiger charge is -2.09. The first-order chi connectivity index (χ1) is 9.24. The maximum absolute atomic E-state index is 5.80. The van der Waals surface area contributed by atoms with Crippen molar-refractivity contribution >= 4 is 21.6 Å². The normalized spacial score (nSPS) is 10.6. The van der Waals surface area contributed by atoms with Gasteiger partial charge in [0.1, 0.15) is 12.4 Å². The molecule has 1 rings (SSSR count). The predicted octanol–water partition coefficient (Wildman–Crippen LogP) is 2.09. The first-order valence-corrected chi connectivity index (χ1v) is 6.85. The molecule has 0 heterocycles. The van der Waals surface area contributed by atoms with E-state index in [4.69, 9.17) is 24.7 Å². The molecule has 1 aromatic rings. The molecule has 19 heavy (non-hydrogen) atoms. The summed E-state index contributed by atoms with van der Waals surface area (Å²) in [6, 6.07) is 5.52. The summed E-state index contributed by atoms with van der Waals surface area (Å²) in [5.41, 5.74) is 6.41. The van der Waals surface area contributed by atoms with E-state index < -0.39 is 0 Å². The van der Waals surface area contributed by atoms with E-state index in [1.807, 2.05) is 12.1 Å². The van der Waals surface area contributed by atoms with Crippen LogP contribution in [0.1, 0.15) is 0 Å². The highest BCUT2D eigenvalue weighted by molar-refractivity contribution is 9.10. The van der Waals surface area contributed by atoms with Crippen molar-refractivity contribution in [3.8, 4) is 5.75 Å². The van der Waals surface area contributed by atoms with Gasteiger partial charge in [0.15, 0.2) is 0 Å². The Hall–Kier alpha value is -0.820. The van der Waals surface area contributed by atoms with Crippen LogP contribution < -0.4 is 10.5 Å². The maximum Gasteiger partial charge on any atom is 0.142 e. The molecule has 0 fully saturated rings. The smallest absolute Gasteiger partial charge is 0.142 e. The second kappa shape index (κ2) is 10.0. The number of halogens is 1. The van der Waals surface area contributed by atoms with Crippen LogP contribution in [0, 0.1) is 0 Å². The van der Waals surface area contributed by atoms with Crippen LogP contribution in [-0.4, -0.2) is 46.8 Å². The molecule has 0 bridgehead atoms. The molecular formula is C13H20BrNO4. The Kier molecular flexibility index (Phi) is 8.57. The summed E-state index contributed by atoms with van der Waals surface area (Å²) in [7, 11) is 1.64. The number of nitrogens with two attached hydrogens (primary N) is 1. The highest BCUT2D eigenvalue weighted by atomic mass is 79.9. The summed E-state index contributed by atoms with van der Waals surface area (Å²) < 4.78 is 21.9. The molecular weight excluding hydrogens is 314 g/mol. The highest BCUT2D eigenvalue weighted by Crippen LogP contribution is 2.24. The lowest BCUT2D eigenvalue weighted by Crippen LogP contribution is -2.12.